The molecule has 0 aliphatic rings. The summed E-state index contributed by atoms with van der Waals surface area (Å²) in [6.45, 7) is -0.616. The van der Waals surface area contributed by atoms with Gasteiger partial charge in [0.25, 0.3) is 0 Å². The zero-order valence-electron chi connectivity index (χ0n) is 17.6. The Morgan fingerprint density at radius 1 is 1.09 bits per heavy atom. The minimum Gasteiger partial charge on any atom is -0.548 e. The van der Waals surface area contributed by atoms with Gasteiger partial charge in [-0.25, -0.2) is 4.63 Å². The van der Waals surface area contributed by atoms with Gasteiger partial charge in [0, 0.05) is 10.9 Å². The van der Waals surface area contributed by atoms with Crippen molar-refractivity contribution >= 4 is 34.3 Å². The highest BCUT2D eigenvalue weighted by molar-refractivity contribution is 6.00. The number of benzene rings is 2. The van der Waals surface area contributed by atoms with Crippen LogP contribution in [0, 0.1) is 0 Å². The number of anilines is 1. The molecule has 0 atom stereocenters. The minimum atomic E-state index is -1.41. The molecule has 174 valence electrons. The van der Waals surface area contributed by atoms with Crippen LogP contribution in [0.2, 0.25) is 0 Å². The van der Waals surface area contributed by atoms with Gasteiger partial charge < -0.3 is 25.3 Å². The number of fused-ring (bicyclic) bond motifs is 1. The van der Waals surface area contributed by atoms with Gasteiger partial charge in [0.05, 0.1) is 18.0 Å². The molecular formula is C21H14N9O5-. The maximum absolute atomic E-state index is 13.1. The highest BCUT2D eigenvalue weighted by Crippen LogP contribution is 2.39. The van der Waals surface area contributed by atoms with E-state index in [1.807, 2.05) is 0 Å². The monoisotopic (exact) mass is 472 g/mol. The number of carbonyl (C=O) groups excluding carboxylic acids is 2. The molecule has 3 aromatic heterocycles. The molecule has 0 saturated carbocycles. The Morgan fingerprint density at radius 3 is 2.54 bits per heavy atom. The van der Waals surface area contributed by atoms with Gasteiger partial charge in [0.15, 0.2) is 11.4 Å². The van der Waals surface area contributed by atoms with Crippen LogP contribution < -0.4 is 10.8 Å². The molecule has 0 aliphatic carbocycles. The Labute approximate surface area is 194 Å². The van der Waals surface area contributed by atoms with Crippen molar-refractivity contribution in [3.8, 4) is 23.0 Å². The van der Waals surface area contributed by atoms with Crippen molar-refractivity contribution in [2.45, 2.75) is 6.54 Å². The van der Waals surface area contributed by atoms with Crippen LogP contribution in [0.5, 0.6) is 5.88 Å². The Morgan fingerprint density at radius 2 is 1.83 bits per heavy atom. The molecule has 0 radical (unpaired) electrons. The number of nitrogens with two attached hydrogens (primary N) is 1. The van der Waals surface area contributed by atoms with Gasteiger partial charge in [-0.3, -0.25) is 4.79 Å². The zero-order chi connectivity index (χ0) is 24.5. The molecule has 2 aromatic carbocycles. The Kier molecular flexibility index (Phi) is 5.21. The second-order valence-electron chi connectivity index (χ2n) is 7.19. The molecule has 1 amide bonds. The van der Waals surface area contributed by atoms with Crippen LogP contribution in [-0.4, -0.2) is 46.9 Å². The number of azo groups is 1. The van der Waals surface area contributed by atoms with Crippen molar-refractivity contribution in [1.82, 2.24) is 29.9 Å². The summed E-state index contributed by atoms with van der Waals surface area (Å²) in [6.07, 6.45) is 0. The third kappa shape index (κ3) is 3.74. The number of hydrogen-bond acceptors (Lipinski definition) is 11. The first-order valence-corrected chi connectivity index (χ1v) is 10.0. The summed E-state index contributed by atoms with van der Waals surface area (Å²) in [5, 5.41) is 44.8. The molecule has 0 bridgehead atoms. The maximum atomic E-state index is 13.1. The van der Waals surface area contributed by atoms with Crippen molar-refractivity contribution in [2.75, 3.05) is 5.73 Å². The van der Waals surface area contributed by atoms with Gasteiger partial charge in [0.2, 0.25) is 17.5 Å². The molecule has 0 saturated heterocycles. The largest absolute Gasteiger partial charge is 0.548 e. The van der Waals surface area contributed by atoms with E-state index in [9.17, 15) is 19.8 Å². The fraction of sp³-hybridized carbons (Fsp3) is 0.0476. The number of amides is 1. The molecule has 5 aromatic rings. The molecule has 3 N–H and O–H groups in total. The summed E-state index contributed by atoms with van der Waals surface area (Å²) in [5.41, 5.74) is 6.65. The number of nitrogen functional groups attached to an aromatic ring is 1. The van der Waals surface area contributed by atoms with Gasteiger partial charge in [0.1, 0.15) is 5.69 Å². The topological polar surface area (TPSA) is 203 Å². The standard InChI is InChI=1S/C21H15N9O5/c22-18-19(27-35-26-18)30-17(11-6-2-1-3-7-11)16(24-28-30)20(33)25-23-15-12-8-4-5-9-13(12)29(21(15)34)10-14(31)32/h1-9,34H,10H2,(H2,22,26)(H,31,32)/p-1. The van der Waals surface area contributed by atoms with Gasteiger partial charge in [-0.2, -0.15) is 4.68 Å². The predicted octanol–water partition coefficient (Wildman–Crippen LogP) is 1.23. The van der Waals surface area contributed by atoms with Gasteiger partial charge in [-0.15, -0.1) is 15.3 Å². The third-order valence-electron chi connectivity index (χ3n) is 5.06. The third-order valence-corrected chi connectivity index (χ3v) is 5.06. The van der Waals surface area contributed by atoms with Gasteiger partial charge in [-0.05, 0) is 16.4 Å². The maximum Gasteiger partial charge on any atom is 0.318 e. The molecule has 14 heteroatoms. The summed E-state index contributed by atoms with van der Waals surface area (Å²) in [4.78, 5) is 24.2. The molecule has 0 spiro atoms. The highest BCUT2D eigenvalue weighted by Gasteiger charge is 2.25. The van der Waals surface area contributed by atoms with Crippen molar-refractivity contribution in [3.63, 3.8) is 0 Å². The van der Waals surface area contributed by atoms with Crippen LogP contribution in [0.25, 0.3) is 28.0 Å². The van der Waals surface area contributed by atoms with Crippen LogP contribution >= 0.6 is 0 Å². The van der Waals surface area contributed by atoms with E-state index in [4.69, 9.17) is 5.73 Å². The second-order valence-corrected chi connectivity index (χ2v) is 7.19. The van der Waals surface area contributed by atoms with Crippen LogP contribution in [0.3, 0.4) is 0 Å². The smallest absolute Gasteiger partial charge is 0.318 e. The SMILES string of the molecule is Nc1nonc1-n1nnc(C(=O)N=Nc2c(O)n(CC(=O)[O-])c3ccccc23)c1-c1ccccc1. The summed E-state index contributed by atoms with van der Waals surface area (Å²) in [6, 6.07) is 15.2. The molecule has 0 fully saturated rings. The van der Waals surface area contributed by atoms with Gasteiger partial charge >= 0.3 is 5.91 Å². The van der Waals surface area contributed by atoms with E-state index in [-0.39, 0.29) is 28.7 Å². The fourth-order valence-corrected chi connectivity index (χ4v) is 3.57. The van der Waals surface area contributed by atoms with E-state index in [1.54, 1.807) is 54.6 Å². The lowest BCUT2D eigenvalue weighted by atomic mass is 10.1. The first kappa shape index (κ1) is 21.4. The molecule has 5 rings (SSSR count). The summed E-state index contributed by atoms with van der Waals surface area (Å²) >= 11 is 0. The first-order chi connectivity index (χ1) is 17.0. The Hall–Kier alpha value is -5.40. The number of carbonyl (C=O) groups is 2. The van der Waals surface area contributed by atoms with Crippen molar-refractivity contribution < 1.29 is 24.4 Å². The lowest BCUT2D eigenvalue weighted by Gasteiger charge is -2.06. The highest BCUT2D eigenvalue weighted by atomic mass is 16.6. The van der Waals surface area contributed by atoms with Gasteiger partial charge in [-0.1, -0.05) is 53.7 Å². The average molecular weight is 472 g/mol. The number of aliphatic carboxylic acids is 1. The zero-order valence-corrected chi connectivity index (χ0v) is 17.6. The molecular weight excluding hydrogens is 458 g/mol. The number of carboxylic acids is 1. The predicted molar refractivity (Wildman–Crippen MR) is 117 cm³/mol. The summed E-state index contributed by atoms with van der Waals surface area (Å²) in [7, 11) is 0. The summed E-state index contributed by atoms with van der Waals surface area (Å²) in [5.74, 6) is -2.83. The van der Waals surface area contributed by atoms with Crippen molar-refractivity contribution in [1.29, 1.82) is 0 Å². The van der Waals surface area contributed by atoms with E-state index in [1.165, 1.54) is 4.68 Å². The van der Waals surface area contributed by atoms with E-state index in [0.717, 1.165) is 4.57 Å². The second kappa shape index (κ2) is 8.51. The van der Waals surface area contributed by atoms with Crippen molar-refractivity contribution in [3.05, 3.63) is 60.3 Å². The van der Waals surface area contributed by atoms with E-state index in [2.05, 4.69) is 35.5 Å². The van der Waals surface area contributed by atoms with Crippen LogP contribution in [0.15, 0.2) is 69.5 Å². The van der Waals surface area contributed by atoms with Crippen LogP contribution in [0.4, 0.5) is 11.5 Å². The number of hydrogen-bond donors (Lipinski definition) is 2. The number of aromatic nitrogens is 6. The lowest BCUT2D eigenvalue weighted by molar-refractivity contribution is -0.306. The molecule has 3 heterocycles. The quantitative estimate of drug-likeness (QED) is 0.338. The summed E-state index contributed by atoms with van der Waals surface area (Å²) < 4.78 is 6.91. The molecule has 0 unspecified atom stereocenters. The number of aromatic hydroxyl groups is 1. The van der Waals surface area contributed by atoms with Crippen molar-refractivity contribution in [2.24, 2.45) is 10.2 Å². The number of carboxylic acid groups (broad SMARTS) is 1. The fourth-order valence-electron chi connectivity index (χ4n) is 3.57. The normalized spacial score (nSPS) is 11.4. The molecule has 14 nitrogen and oxygen atoms in total. The van der Waals surface area contributed by atoms with E-state index in [0.29, 0.717) is 16.5 Å². The number of para-hydroxylation sites is 1. The molecule has 0 aliphatic heterocycles. The average Bonchev–Trinajstić information content (AvgIpc) is 3.55. The Balaban J connectivity index is 1.59. The Bertz CT molecular complexity index is 1600. The first-order valence-electron chi connectivity index (χ1n) is 10.0. The van der Waals surface area contributed by atoms with E-state index < -0.39 is 24.3 Å². The van der Waals surface area contributed by atoms with E-state index >= 15 is 0 Å². The lowest BCUT2D eigenvalue weighted by Crippen LogP contribution is -2.27. The van der Waals surface area contributed by atoms with Crippen LogP contribution in [-0.2, 0) is 11.3 Å². The molecule has 35 heavy (non-hydrogen) atoms. The van der Waals surface area contributed by atoms with Crippen LogP contribution in [0.1, 0.15) is 10.5 Å². The number of nitrogens with zero attached hydrogens (tertiary/aromatic N) is 8. The minimum absolute atomic E-state index is 0.0235. The number of rotatable bonds is 6.